The molecule has 5 nitrogen and oxygen atoms in total. The van der Waals surface area contributed by atoms with Crippen LogP contribution in [-0.4, -0.2) is 37.2 Å². The topological polar surface area (TPSA) is 46.1 Å². The monoisotopic (exact) mass is 319 g/mol. The smallest absolute Gasteiger partial charge is 0.213 e. The highest BCUT2D eigenvalue weighted by Crippen LogP contribution is 2.29. The summed E-state index contributed by atoms with van der Waals surface area (Å²) in [4.78, 5) is 10.6. The third kappa shape index (κ3) is 5.22. The molecule has 2 rings (SSSR count). The van der Waals surface area contributed by atoms with Gasteiger partial charge >= 0.3 is 0 Å². The van der Waals surface area contributed by atoms with E-state index in [1.807, 2.05) is 17.2 Å². The fraction of sp³-hybridized carbons (Fsp3) is 0.611. The molecule has 0 bridgehead atoms. The first-order valence-corrected chi connectivity index (χ1v) is 8.73. The van der Waals surface area contributed by atoms with Crippen LogP contribution in [0, 0.1) is 0 Å². The minimum atomic E-state index is -0.0543. The summed E-state index contributed by atoms with van der Waals surface area (Å²) >= 11 is 0. The maximum atomic E-state index is 5.85. The summed E-state index contributed by atoms with van der Waals surface area (Å²) in [6.07, 6.45) is 2.99. The second-order valence-corrected chi connectivity index (χ2v) is 5.60. The highest BCUT2D eigenvalue weighted by Gasteiger charge is 2.28. The summed E-state index contributed by atoms with van der Waals surface area (Å²) in [6, 6.07) is 8.19. The molecule has 0 aromatic heterocycles. The molecule has 0 amide bonds. The third-order valence-corrected chi connectivity index (χ3v) is 3.78. The van der Waals surface area contributed by atoms with Crippen molar-refractivity contribution in [3.63, 3.8) is 0 Å². The van der Waals surface area contributed by atoms with Crippen LogP contribution in [0.25, 0.3) is 0 Å². The normalized spacial score (nSPS) is 17.9. The molecular formula is C18H29N3O2. The molecule has 0 unspecified atom stereocenters. The first kappa shape index (κ1) is 17.8. The Balaban J connectivity index is 1.97. The van der Waals surface area contributed by atoms with E-state index < -0.39 is 0 Å². The van der Waals surface area contributed by atoms with Gasteiger partial charge in [0.15, 0.2) is 6.17 Å². The van der Waals surface area contributed by atoms with Gasteiger partial charge in [0.25, 0.3) is 0 Å². The van der Waals surface area contributed by atoms with Crippen LogP contribution in [0.5, 0.6) is 5.75 Å². The van der Waals surface area contributed by atoms with E-state index in [9.17, 15) is 0 Å². The van der Waals surface area contributed by atoms with Crippen molar-refractivity contribution in [2.45, 2.75) is 46.2 Å². The maximum absolute atomic E-state index is 5.85. The molecule has 1 N–H and O–H groups in total. The standard InChI is InChI=1S/C18H29N3O2/c1-4-7-14-22-16-10-8-15(9-11-16)18-20-17(12-13-19-5-2)23-21(18)6-3/h8-11,18-19H,4-7,12-14H2,1-3H3/t18-/m1/s1. The third-order valence-electron chi connectivity index (χ3n) is 3.78. The summed E-state index contributed by atoms with van der Waals surface area (Å²) in [5.74, 6) is 1.72. The number of nitrogens with one attached hydrogen (secondary N) is 1. The van der Waals surface area contributed by atoms with Gasteiger partial charge in [-0.2, -0.15) is 0 Å². The van der Waals surface area contributed by atoms with Gasteiger partial charge in [-0.05, 0) is 37.6 Å². The Kier molecular flexibility index (Phi) is 7.36. The molecule has 1 aliphatic heterocycles. The lowest BCUT2D eigenvalue weighted by molar-refractivity contribution is -0.0815. The van der Waals surface area contributed by atoms with Crippen LogP contribution >= 0.6 is 0 Å². The van der Waals surface area contributed by atoms with Crippen molar-refractivity contribution in [1.82, 2.24) is 10.4 Å². The Morgan fingerprint density at radius 2 is 2.00 bits per heavy atom. The molecule has 0 fully saturated rings. The van der Waals surface area contributed by atoms with Gasteiger partial charge in [0.05, 0.1) is 6.61 Å². The van der Waals surface area contributed by atoms with E-state index in [-0.39, 0.29) is 6.17 Å². The molecule has 1 aromatic rings. The number of ether oxygens (including phenoxy) is 1. The van der Waals surface area contributed by atoms with E-state index in [0.717, 1.165) is 62.7 Å². The first-order valence-electron chi connectivity index (χ1n) is 8.73. The Morgan fingerprint density at radius 3 is 2.65 bits per heavy atom. The summed E-state index contributed by atoms with van der Waals surface area (Å²) in [7, 11) is 0. The highest BCUT2D eigenvalue weighted by atomic mass is 16.7. The Morgan fingerprint density at radius 1 is 1.22 bits per heavy atom. The molecule has 128 valence electrons. The summed E-state index contributed by atoms with van der Waals surface area (Å²) < 4.78 is 5.71. The molecule has 0 saturated heterocycles. The van der Waals surface area contributed by atoms with Crippen molar-refractivity contribution in [2.24, 2.45) is 4.99 Å². The summed E-state index contributed by atoms with van der Waals surface area (Å²) in [6.45, 7) is 9.78. The zero-order chi connectivity index (χ0) is 16.5. The maximum Gasteiger partial charge on any atom is 0.213 e. The van der Waals surface area contributed by atoms with Gasteiger partial charge in [0.2, 0.25) is 5.90 Å². The molecule has 0 saturated carbocycles. The average Bonchev–Trinajstić information content (AvgIpc) is 2.99. The first-order chi connectivity index (χ1) is 11.3. The van der Waals surface area contributed by atoms with Crippen LogP contribution in [0.15, 0.2) is 29.3 Å². The number of aliphatic imine (C=N–C) groups is 1. The van der Waals surface area contributed by atoms with Crippen LogP contribution in [0.1, 0.15) is 51.8 Å². The molecule has 1 atom stereocenters. The molecular weight excluding hydrogens is 290 g/mol. The summed E-state index contributed by atoms with van der Waals surface area (Å²) in [5, 5.41) is 5.22. The lowest BCUT2D eigenvalue weighted by Crippen LogP contribution is -2.24. The van der Waals surface area contributed by atoms with Gasteiger partial charge in [0.1, 0.15) is 5.75 Å². The molecule has 1 aliphatic rings. The van der Waals surface area contributed by atoms with Gasteiger partial charge < -0.3 is 14.9 Å². The Hall–Kier alpha value is -1.59. The van der Waals surface area contributed by atoms with Crippen LogP contribution in [0.2, 0.25) is 0 Å². The molecule has 5 heteroatoms. The molecule has 0 aliphatic carbocycles. The number of nitrogens with zero attached hydrogens (tertiary/aromatic N) is 2. The minimum absolute atomic E-state index is 0.0543. The van der Waals surface area contributed by atoms with Crippen molar-refractivity contribution >= 4 is 5.90 Å². The van der Waals surface area contributed by atoms with E-state index in [0.29, 0.717) is 0 Å². The number of unbranched alkanes of at least 4 members (excludes halogenated alkanes) is 1. The average molecular weight is 319 g/mol. The van der Waals surface area contributed by atoms with Crippen molar-refractivity contribution in [3.8, 4) is 5.75 Å². The van der Waals surface area contributed by atoms with Crippen LogP contribution in [0.4, 0.5) is 0 Å². The van der Waals surface area contributed by atoms with Crippen molar-refractivity contribution in [3.05, 3.63) is 29.8 Å². The van der Waals surface area contributed by atoms with Gasteiger partial charge in [-0.1, -0.05) is 32.4 Å². The SMILES string of the molecule is CCCCOc1ccc([C@@H]2N=C(CCNCC)ON2CC)cc1. The van der Waals surface area contributed by atoms with E-state index in [2.05, 4.69) is 38.2 Å². The zero-order valence-corrected chi connectivity index (χ0v) is 14.5. The molecule has 1 heterocycles. The minimum Gasteiger partial charge on any atom is -0.494 e. The Bertz CT molecular complexity index is 488. The summed E-state index contributed by atoms with van der Waals surface area (Å²) in [5.41, 5.74) is 1.13. The fourth-order valence-electron chi connectivity index (χ4n) is 2.44. The highest BCUT2D eigenvalue weighted by molar-refractivity contribution is 5.77. The predicted octanol–water partition coefficient (Wildman–Crippen LogP) is 3.53. The lowest BCUT2D eigenvalue weighted by Gasteiger charge is -2.19. The van der Waals surface area contributed by atoms with E-state index in [1.54, 1.807) is 0 Å². The Labute approximate surface area is 139 Å². The van der Waals surface area contributed by atoms with E-state index >= 15 is 0 Å². The second kappa shape index (κ2) is 9.53. The van der Waals surface area contributed by atoms with E-state index in [1.165, 1.54) is 0 Å². The lowest BCUT2D eigenvalue weighted by atomic mass is 10.1. The van der Waals surface area contributed by atoms with Crippen LogP contribution < -0.4 is 10.1 Å². The fourth-order valence-corrected chi connectivity index (χ4v) is 2.44. The van der Waals surface area contributed by atoms with Crippen LogP contribution in [-0.2, 0) is 4.84 Å². The van der Waals surface area contributed by atoms with Gasteiger partial charge in [0, 0.05) is 19.5 Å². The number of rotatable bonds is 10. The largest absolute Gasteiger partial charge is 0.494 e. The predicted molar refractivity (Wildman–Crippen MR) is 93.6 cm³/mol. The second-order valence-electron chi connectivity index (χ2n) is 5.60. The van der Waals surface area contributed by atoms with Gasteiger partial charge in [-0.25, -0.2) is 4.99 Å². The number of hydrogen-bond donors (Lipinski definition) is 1. The number of hydrogen-bond acceptors (Lipinski definition) is 5. The molecule has 0 radical (unpaired) electrons. The van der Waals surface area contributed by atoms with Crippen molar-refractivity contribution in [2.75, 3.05) is 26.2 Å². The molecule has 23 heavy (non-hydrogen) atoms. The van der Waals surface area contributed by atoms with Crippen molar-refractivity contribution < 1.29 is 9.57 Å². The number of hydroxylamine groups is 2. The van der Waals surface area contributed by atoms with Gasteiger partial charge in [-0.15, -0.1) is 5.06 Å². The van der Waals surface area contributed by atoms with Crippen LogP contribution in [0.3, 0.4) is 0 Å². The molecule has 1 aromatic carbocycles. The quantitative estimate of drug-likeness (QED) is 0.670. The molecule has 0 spiro atoms. The van der Waals surface area contributed by atoms with Crippen molar-refractivity contribution in [1.29, 1.82) is 0 Å². The number of benzene rings is 1. The van der Waals surface area contributed by atoms with E-state index in [4.69, 9.17) is 14.6 Å². The zero-order valence-electron chi connectivity index (χ0n) is 14.5. The van der Waals surface area contributed by atoms with Gasteiger partial charge in [-0.3, -0.25) is 0 Å².